The molecule has 0 aliphatic carbocycles. The normalized spacial score (nSPS) is 14.6. The molecule has 0 saturated heterocycles. The van der Waals surface area contributed by atoms with E-state index in [1.807, 2.05) is 20.8 Å². The molecule has 0 unspecified atom stereocenters. The number of nitrogens with zero attached hydrogens (tertiary/aromatic N) is 2. The van der Waals surface area contributed by atoms with Crippen molar-refractivity contribution >= 4 is 49.9 Å². The number of halogens is 1. The van der Waals surface area contributed by atoms with Crippen LogP contribution in [0.1, 0.15) is 57.9 Å². The molecule has 1 atom stereocenters. The number of benzene rings is 1. The van der Waals surface area contributed by atoms with E-state index < -0.39 is 5.60 Å². The van der Waals surface area contributed by atoms with Crippen LogP contribution in [0.3, 0.4) is 0 Å². The van der Waals surface area contributed by atoms with E-state index in [-0.39, 0.29) is 17.8 Å². The molecule has 2 aromatic heterocycles. The minimum Gasteiger partial charge on any atom is -0.444 e. The average molecular weight is 533 g/mol. The zero-order valence-electron chi connectivity index (χ0n) is 21.4. The first kappa shape index (κ1) is 26.5. The maximum Gasteiger partial charge on any atom is 0.410 e. The van der Waals surface area contributed by atoms with Gasteiger partial charge >= 0.3 is 6.09 Å². The van der Waals surface area contributed by atoms with Gasteiger partial charge in [0.1, 0.15) is 21.4 Å². The summed E-state index contributed by atoms with van der Waals surface area (Å²) in [4.78, 5) is 32.9. The first-order valence-corrected chi connectivity index (χ1v) is 13.9. The van der Waals surface area contributed by atoms with E-state index in [4.69, 9.17) is 9.72 Å². The van der Waals surface area contributed by atoms with Crippen LogP contribution < -0.4 is 10.6 Å². The first-order chi connectivity index (χ1) is 17.0. The fourth-order valence-electron chi connectivity index (χ4n) is 3.97. The van der Waals surface area contributed by atoms with Crippen LogP contribution in [0.2, 0.25) is 0 Å². The van der Waals surface area contributed by atoms with Gasteiger partial charge in [0.05, 0.1) is 16.8 Å². The number of aromatic nitrogens is 1. The van der Waals surface area contributed by atoms with Crippen LogP contribution in [-0.2, 0) is 22.5 Å². The van der Waals surface area contributed by atoms with Crippen LogP contribution in [-0.4, -0.2) is 46.6 Å². The smallest absolute Gasteiger partial charge is 0.410 e. The Morgan fingerprint density at radius 3 is 2.78 bits per heavy atom. The average Bonchev–Trinajstić information content (AvgIpc) is 3.36. The molecule has 2 amide bonds. The summed E-state index contributed by atoms with van der Waals surface area (Å²) in [6.45, 7) is 11.3. The third-order valence-corrected chi connectivity index (χ3v) is 8.17. The number of thiophene rings is 1. The van der Waals surface area contributed by atoms with Crippen molar-refractivity contribution in [1.29, 1.82) is 0 Å². The Hall–Kier alpha value is -2.56. The van der Waals surface area contributed by atoms with Crippen LogP contribution in [0.5, 0.6) is 0 Å². The minimum atomic E-state index is -0.573. The van der Waals surface area contributed by atoms with E-state index in [0.29, 0.717) is 44.0 Å². The molecule has 10 heteroatoms. The summed E-state index contributed by atoms with van der Waals surface area (Å²) in [5.74, 6) is -0.413. The van der Waals surface area contributed by atoms with Gasteiger partial charge in [0.2, 0.25) is 5.91 Å². The van der Waals surface area contributed by atoms with Crippen molar-refractivity contribution in [3.63, 3.8) is 0 Å². The molecule has 1 aromatic carbocycles. The van der Waals surface area contributed by atoms with Gasteiger partial charge in [-0.2, -0.15) is 0 Å². The van der Waals surface area contributed by atoms with Crippen molar-refractivity contribution in [3.05, 3.63) is 34.5 Å². The molecule has 3 aromatic rings. The summed E-state index contributed by atoms with van der Waals surface area (Å²) in [7, 11) is 0. The van der Waals surface area contributed by atoms with E-state index in [2.05, 4.69) is 24.5 Å². The number of carbonyl (C=O) groups excluding carboxylic acids is 2. The van der Waals surface area contributed by atoms with Crippen molar-refractivity contribution < 1.29 is 18.7 Å². The van der Waals surface area contributed by atoms with Crippen LogP contribution in [0.4, 0.5) is 14.2 Å². The predicted molar refractivity (Wildman–Crippen MR) is 144 cm³/mol. The Morgan fingerprint density at radius 1 is 1.28 bits per heavy atom. The Labute approximate surface area is 219 Å². The van der Waals surface area contributed by atoms with Gasteiger partial charge < -0.3 is 20.3 Å². The molecule has 0 radical (unpaired) electrons. The third-order valence-electron chi connectivity index (χ3n) is 5.98. The number of hydrogen-bond donors (Lipinski definition) is 2. The molecule has 1 aliphatic rings. The zero-order chi connectivity index (χ0) is 26.0. The molecular formula is C26H33FN4O3S2. The molecule has 0 saturated carbocycles. The SMILES string of the molecule is CC[C@@H](C)NCCC(=O)Nc1sc2c(c1-c1nc3cc(F)ccc3s1)CCN(C(=O)OC(C)(C)C)C2. The number of ether oxygens (including phenoxy) is 1. The monoisotopic (exact) mass is 532 g/mol. The molecular weight excluding hydrogens is 499 g/mol. The zero-order valence-corrected chi connectivity index (χ0v) is 23.0. The predicted octanol–water partition coefficient (Wildman–Crippen LogP) is 6.17. The number of rotatable bonds is 7. The van der Waals surface area contributed by atoms with Crippen molar-refractivity contribution in [1.82, 2.24) is 15.2 Å². The number of thiazole rings is 1. The summed E-state index contributed by atoms with van der Waals surface area (Å²) in [6.07, 6.45) is 1.62. The van der Waals surface area contributed by atoms with Crippen LogP contribution in [0.15, 0.2) is 18.2 Å². The number of nitrogens with one attached hydrogen (secondary N) is 2. The molecule has 0 spiro atoms. The second-order valence-corrected chi connectivity index (χ2v) is 12.2. The number of hydrogen-bond acceptors (Lipinski definition) is 7. The molecule has 36 heavy (non-hydrogen) atoms. The van der Waals surface area contributed by atoms with Gasteiger partial charge in [-0.3, -0.25) is 4.79 Å². The fourth-order valence-corrected chi connectivity index (χ4v) is 6.34. The Morgan fingerprint density at radius 2 is 2.06 bits per heavy atom. The summed E-state index contributed by atoms with van der Waals surface area (Å²) >= 11 is 2.95. The molecule has 1 aliphatic heterocycles. The molecule has 0 fully saturated rings. The molecule has 4 rings (SSSR count). The van der Waals surface area contributed by atoms with Crippen LogP contribution in [0.25, 0.3) is 20.8 Å². The van der Waals surface area contributed by atoms with Gasteiger partial charge in [0.15, 0.2) is 0 Å². The lowest BCUT2D eigenvalue weighted by Gasteiger charge is -2.30. The van der Waals surface area contributed by atoms with Gasteiger partial charge in [-0.25, -0.2) is 14.2 Å². The van der Waals surface area contributed by atoms with E-state index >= 15 is 0 Å². The van der Waals surface area contributed by atoms with Crippen molar-refractivity contribution in [2.24, 2.45) is 0 Å². The van der Waals surface area contributed by atoms with Crippen molar-refractivity contribution in [2.45, 2.75) is 72.1 Å². The quantitative estimate of drug-likeness (QED) is 0.380. The van der Waals surface area contributed by atoms with E-state index in [1.165, 1.54) is 34.8 Å². The molecule has 2 N–H and O–H groups in total. The summed E-state index contributed by atoms with van der Waals surface area (Å²) in [5, 5.41) is 7.90. The maximum atomic E-state index is 13.8. The number of amides is 2. The maximum absolute atomic E-state index is 13.8. The largest absolute Gasteiger partial charge is 0.444 e. The lowest BCUT2D eigenvalue weighted by atomic mass is 10.0. The highest BCUT2D eigenvalue weighted by atomic mass is 32.1. The van der Waals surface area contributed by atoms with Gasteiger partial charge in [-0.1, -0.05) is 6.92 Å². The number of carbonyl (C=O) groups is 2. The molecule has 7 nitrogen and oxygen atoms in total. The van der Waals surface area contributed by atoms with E-state index in [1.54, 1.807) is 11.0 Å². The summed E-state index contributed by atoms with van der Waals surface area (Å²) < 4.78 is 20.3. The summed E-state index contributed by atoms with van der Waals surface area (Å²) in [5.41, 5.74) is 1.98. The highest BCUT2D eigenvalue weighted by Gasteiger charge is 2.31. The van der Waals surface area contributed by atoms with Gasteiger partial charge in [-0.05, 0) is 58.2 Å². The minimum absolute atomic E-state index is 0.0817. The third kappa shape index (κ3) is 6.22. The highest BCUT2D eigenvalue weighted by Crippen LogP contribution is 2.46. The Balaban J connectivity index is 1.63. The standard InChI is InChI=1S/C26H33FN4O3S2/c1-6-15(2)28-11-9-21(32)30-24-22(23-29-18-13-16(27)7-8-19(18)35-23)17-10-12-31(14-20(17)36-24)25(33)34-26(3,4)5/h7-8,13,15,28H,6,9-12,14H2,1-5H3,(H,30,32)/t15-/m1/s1. The van der Waals surface area contributed by atoms with E-state index in [9.17, 15) is 14.0 Å². The lowest BCUT2D eigenvalue weighted by Crippen LogP contribution is -2.39. The summed E-state index contributed by atoms with van der Waals surface area (Å²) in [6, 6.07) is 4.94. The van der Waals surface area contributed by atoms with Crippen molar-refractivity contribution in [2.75, 3.05) is 18.4 Å². The number of anilines is 1. The fraction of sp³-hybridized carbons (Fsp3) is 0.500. The Bertz CT molecular complexity index is 1260. The van der Waals surface area contributed by atoms with Crippen LogP contribution in [0, 0.1) is 5.82 Å². The topological polar surface area (TPSA) is 83.6 Å². The highest BCUT2D eigenvalue weighted by molar-refractivity contribution is 7.22. The first-order valence-electron chi connectivity index (χ1n) is 12.3. The second kappa shape index (κ2) is 10.8. The molecule has 194 valence electrons. The second-order valence-electron chi connectivity index (χ2n) is 10.1. The molecule has 0 bridgehead atoms. The Kier molecular flexibility index (Phi) is 7.96. The van der Waals surface area contributed by atoms with Gasteiger partial charge in [-0.15, -0.1) is 22.7 Å². The molecule has 3 heterocycles. The number of fused-ring (bicyclic) bond motifs is 2. The van der Waals surface area contributed by atoms with E-state index in [0.717, 1.165) is 37.1 Å². The van der Waals surface area contributed by atoms with Gasteiger partial charge in [0.25, 0.3) is 0 Å². The van der Waals surface area contributed by atoms with Crippen LogP contribution >= 0.6 is 22.7 Å². The van der Waals surface area contributed by atoms with Crippen molar-refractivity contribution in [3.8, 4) is 10.6 Å². The lowest BCUT2D eigenvalue weighted by molar-refractivity contribution is -0.116. The van der Waals surface area contributed by atoms with Gasteiger partial charge in [0, 0.05) is 42.1 Å².